The molecule has 0 unspecified atom stereocenters. The molecule has 0 aromatic heterocycles. The van der Waals surface area contributed by atoms with Crippen molar-refractivity contribution in [3.05, 3.63) is 67.7 Å². The summed E-state index contributed by atoms with van der Waals surface area (Å²) in [7, 11) is 0. The number of benzene rings is 2. The molecule has 0 heterocycles. The number of carbonyl (C=O) groups excluding carboxylic acids is 1. The standard InChI is InChI=1S/C24H21BrCl2F7N3O2/c1-21(2,3)39-20(38)37-10-13-6-12(4-5-17(13)26)14(9-35)11-36-19-16(25)7-15(8-18(19)27)22(28,23(29,30)31)24(32,33)34/h4-9,11,35-36H,10H2,1-3H3,(H,37,38)/b14-11+,35-9?. The van der Waals surface area contributed by atoms with Gasteiger partial charge in [-0.3, -0.25) is 0 Å². The summed E-state index contributed by atoms with van der Waals surface area (Å²) in [6.45, 7) is 5.04. The predicted molar refractivity (Wildman–Crippen MR) is 139 cm³/mol. The van der Waals surface area contributed by atoms with Gasteiger partial charge in [-0.05, 0) is 72.1 Å². The molecule has 0 aliphatic rings. The van der Waals surface area contributed by atoms with E-state index in [0.29, 0.717) is 17.2 Å². The van der Waals surface area contributed by atoms with Gasteiger partial charge >= 0.3 is 24.1 Å². The lowest BCUT2D eigenvalue weighted by Gasteiger charge is -2.30. The molecule has 2 aromatic carbocycles. The molecule has 0 radical (unpaired) electrons. The van der Waals surface area contributed by atoms with Crippen LogP contribution < -0.4 is 10.6 Å². The molecule has 214 valence electrons. The predicted octanol–water partition coefficient (Wildman–Crippen LogP) is 9.17. The van der Waals surface area contributed by atoms with Crippen LogP contribution in [0.25, 0.3) is 5.57 Å². The average Bonchev–Trinajstić information content (AvgIpc) is 2.77. The Morgan fingerprint density at radius 2 is 1.59 bits per heavy atom. The van der Waals surface area contributed by atoms with Crippen LogP contribution in [0.1, 0.15) is 37.5 Å². The van der Waals surface area contributed by atoms with Crippen molar-refractivity contribution in [1.29, 1.82) is 5.41 Å². The monoisotopic (exact) mass is 665 g/mol. The van der Waals surface area contributed by atoms with Crippen molar-refractivity contribution in [2.24, 2.45) is 0 Å². The van der Waals surface area contributed by atoms with E-state index in [-0.39, 0.29) is 28.9 Å². The van der Waals surface area contributed by atoms with E-state index in [2.05, 4.69) is 26.6 Å². The maximum Gasteiger partial charge on any atom is 0.435 e. The zero-order valence-electron chi connectivity index (χ0n) is 20.3. The van der Waals surface area contributed by atoms with Crippen molar-refractivity contribution >= 4 is 62.7 Å². The molecule has 39 heavy (non-hydrogen) atoms. The van der Waals surface area contributed by atoms with Crippen molar-refractivity contribution < 1.29 is 40.3 Å². The largest absolute Gasteiger partial charge is 0.444 e. The number of alkyl carbamates (subject to hydrolysis) is 1. The van der Waals surface area contributed by atoms with E-state index in [1.165, 1.54) is 18.3 Å². The molecule has 2 rings (SSSR count). The van der Waals surface area contributed by atoms with Gasteiger partial charge in [-0.2, -0.15) is 26.3 Å². The van der Waals surface area contributed by atoms with E-state index in [0.717, 1.165) is 6.21 Å². The van der Waals surface area contributed by atoms with E-state index >= 15 is 0 Å². The van der Waals surface area contributed by atoms with Crippen LogP contribution in [-0.2, 0) is 17.0 Å². The number of ether oxygens (including phenoxy) is 1. The van der Waals surface area contributed by atoms with Crippen LogP contribution >= 0.6 is 39.1 Å². The van der Waals surface area contributed by atoms with Gasteiger partial charge in [-0.25, -0.2) is 9.18 Å². The molecule has 0 spiro atoms. The lowest BCUT2D eigenvalue weighted by Crippen LogP contribution is -2.50. The minimum Gasteiger partial charge on any atom is -0.444 e. The minimum absolute atomic E-state index is 0.0253. The number of allylic oxidation sites excluding steroid dienone is 1. The normalized spacial score (nSPS) is 13.2. The first-order valence-electron chi connectivity index (χ1n) is 10.8. The van der Waals surface area contributed by atoms with Crippen LogP contribution in [0.2, 0.25) is 10.0 Å². The van der Waals surface area contributed by atoms with E-state index in [4.69, 9.17) is 33.3 Å². The van der Waals surface area contributed by atoms with Crippen LogP contribution in [0, 0.1) is 5.41 Å². The van der Waals surface area contributed by atoms with E-state index in [9.17, 15) is 35.5 Å². The zero-order valence-corrected chi connectivity index (χ0v) is 23.4. The molecular weight excluding hydrogens is 646 g/mol. The van der Waals surface area contributed by atoms with Gasteiger partial charge in [0.2, 0.25) is 0 Å². The van der Waals surface area contributed by atoms with Gasteiger partial charge < -0.3 is 20.8 Å². The number of nitrogens with one attached hydrogen (secondary N) is 3. The number of rotatable bonds is 7. The Morgan fingerprint density at radius 1 is 1.00 bits per heavy atom. The third-order valence-corrected chi connectivity index (χ3v) is 6.24. The summed E-state index contributed by atoms with van der Waals surface area (Å²) >= 11 is 14.9. The molecule has 2 aromatic rings. The fraction of sp³-hybridized carbons (Fsp3) is 0.333. The van der Waals surface area contributed by atoms with Gasteiger partial charge in [0.05, 0.1) is 10.7 Å². The maximum atomic E-state index is 14.4. The molecule has 0 aliphatic carbocycles. The fourth-order valence-corrected chi connectivity index (χ4v) is 4.27. The van der Waals surface area contributed by atoms with Crippen molar-refractivity contribution in [2.45, 2.75) is 50.9 Å². The molecule has 1 amide bonds. The highest BCUT2D eigenvalue weighted by atomic mass is 79.9. The Bertz CT molecular complexity index is 1240. The SMILES string of the molecule is CC(C)(C)OC(=O)NCc1cc(/C(C=N)=C/Nc2c(Cl)cc(C(F)(C(F)(F)F)C(F)(F)F)cc2Br)ccc1Cl. The molecule has 0 bridgehead atoms. The second-order valence-corrected chi connectivity index (χ2v) is 10.7. The second-order valence-electron chi connectivity index (χ2n) is 9.02. The van der Waals surface area contributed by atoms with E-state index in [1.54, 1.807) is 26.8 Å². The third kappa shape index (κ3) is 7.79. The second kappa shape index (κ2) is 11.9. The van der Waals surface area contributed by atoms with Gasteiger partial charge in [0, 0.05) is 39.6 Å². The lowest BCUT2D eigenvalue weighted by molar-refractivity contribution is -0.348. The van der Waals surface area contributed by atoms with Gasteiger partial charge in [0.25, 0.3) is 0 Å². The summed E-state index contributed by atoms with van der Waals surface area (Å²) in [5.41, 5.74) is -7.29. The van der Waals surface area contributed by atoms with Gasteiger partial charge in [0.15, 0.2) is 0 Å². The number of anilines is 1. The number of halogens is 10. The molecule has 15 heteroatoms. The molecular formula is C24H21BrCl2F7N3O2. The first-order valence-corrected chi connectivity index (χ1v) is 12.3. The highest BCUT2D eigenvalue weighted by Crippen LogP contribution is 2.54. The minimum atomic E-state index is -6.30. The smallest absolute Gasteiger partial charge is 0.435 e. The van der Waals surface area contributed by atoms with Crippen LogP contribution in [0.5, 0.6) is 0 Å². The summed E-state index contributed by atoms with van der Waals surface area (Å²) in [6.07, 6.45) is -11.2. The van der Waals surface area contributed by atoms with Crippen LogP contribution in [0.3, 0.4) is 0 Å². The van der Waals surface area contributed by atoms with Crippen LogP contribution in [0.4, 0.5) is 41.2 Å². The highest BCUT2D eigenvalue weighted by molar-refractivity contribution is 9.10. The molecule has 0 saturated heterocycles. The summed E-state index contributed by atoms with van der Waals surface area (Å²) in [5.74, 6) is 0. The summed E-state index contributed by atoms with van der Waals surface area (Å²) in [6, 6.07) is 5.10. The fourth-order valence-electron chi connectivity index (χ4n) is 3.13. The van der Waals surface area contributed by atoms with E-state index < -0.39 is 44.8 Å². The van der Waals surface area contributed by atoms with Crippen molar-refractivity contribution in [1.82, 2.24) is 5.32 Å². The summed E-state index contributed by atoms with van der Waals surface area (Å²) < 4.78 is 98.0. The van der Waals surface area contributed by atoms with Gasteiger partial charge in [-0.15, -0.1) is 0 Å². The first kappa shape index (κ1) is 32.7. The Morgan fingerprint density at radius 3 is 2.08 bits per heavy atom. The van der Waals surface area contributed by atoms with Gasteiger partial charge in [-0.1, -0.05) is 29.3 Å². The summed E-state index contributed by atoms with van der Waals surface area (Å²) in [4.78, 5) is 11.9. The number of hydrogen-bond donors (Lipinski definition) is 3. The Kier molecular flexibility index (Phi) is 10.0. The molecule has 0 fully saturated rings. The average molecular weight is 667 g/mol. The number of alkyl halides is 7. The highest BCUT2D eigenvalue weighted by Gasteiger charge is 2.73. The molecule has 5 nitrogen and oxygen atoms in total. The number of carbonyl (C=O) groups is 1. The first-order chi connectivity index (χ1) is 17.7. The Hall–Kier alpha value is -2.51. The van der Waals surface area contributed by atoms with E-state index in [1.807, 2.05) is 0 Å². The van der Waals surface area contributed by atoms with Gasteiger partial charge in [0.1, 0.15) is 5.60 Å². The molecule has 0 aliphatic heterocycles. The zero-order chi connectivity index (χ0) is 30.0. The van der Waals surface area contributed by atoms with Crippen molar-refractivity contribution in [2.75, 3.05) is 5.32 Å². The third-order valence-electron chi connectivity index (χ3n) is 4.95. The number of hydrogen-bond acceptors (Lipinski definition) is 4. The molecule has 0 atom stereocenters. The lowest BCUT2D eigenvalue weighted by atomic mass is 9.94. The van der Waals surface area contributed by atoms with Crippen molar-refractivity contribution in [3.63, 3.8) is 0 Å². The number of amides is 1. The summed E-state index contributed by atoms with van der Waals surface area (Å²) in [5, 5.41) is 12.5. The van der Waals surface area contributed by atoms with Crippen LogP contribution in [-0.4, -0.2) is 30.3 Å². The van der Waals surface area contributed by atoms with Crippen LogP contribution in [0.15, 0.2) is 41.0 Å². The topological polar surface area (TPSA) is 74.2 Å². The quantitative estimate of drug-likeness (QED) is 0.204. The Labute approximate surface area is 237 Å². The van der Waals surface area contributed by atoms with Crippen molar-refractivity contribution in [3.8, 4) is 0 Å². The Balaban J connectivity index is 2.37. The maximum absolute atomic E-state index is 14.4. The molecule has 0 saturated carbocycles. The molecule has 3 N–H and O–H groups in total.